The van der Waals surface area contributed by atoms with E-state index in [9.17, 15) is 10.2 Å². The van der Waals surface area contributed by atoms with Gasteiger partial charge in [-0.1, -0.05) is 27.7 Å². The normalized spacial score (nSPS) is 45.0. The van der Waals surface area contributed by atoms with Crippen molar-refractivity contribution in [3.05, 3.63) is 0 Å². The van der Waals surface area contributed by atoms with Crippen molar-refractivity contribution < 1.29 is 10.2 Å². The highest BCUT2D eigenvalue weighted by molar-refractivity contribution is 4.91. The molecular formula is C11H24O2. The van der Waals surface area contributed by atoms with Gasteiger partial charge in [-0.3, -0.25) is 0 Å². The third-order valence-electron chi connectivity index (χ3n) is 2.71. The van der Waals surface area contributed by atoms with Crippen LogP contribution in [0.3, 0.4) is 0 Å². The van der Waals surface area contributed by atoms with Crippen molar-refractivity contribution in [2.75, 3.05) is 0 Å². The van der Waals surface area contributed by atoms with E-state index in [1.165, 1.54) is 0 Å². The zero-order valence-corrected chi connectivity index (χ0v) is 9.54. The van der Waals surface area contributed by atoms with E-state index in [-0.39, 0.29) is 5.92 Å². The molecule has 0 spiro atoms. The molecule has 1 saturated carbocycles. The monoisotopic (exact) mass is 188 g/mol. The van der Waals surface area contributed by atoms with E-state index in [0.29, 0.717) is 5.92 Å². The Morgan fingerprint density at radius 3 is 2.08 bits per heavy atom. The Kier molecular flexibility index (Phi) is 4.93. The quantitative estimate of drug-likeness (QED) is 0.612. The fraction of sp³-hybridized carbons (Fsp3) is 1.00. The van der Waals surface area contributed by atoms with E-state index < -0.39 is 11.7 Å². The van der Waals surface area contributed by atoms with E-state index in [1.807, 2.05) is 20.8 Å². The van der Waals surface area contributed by atoms with Crippen LogP contribution in [-0.4, -0.2) is 21.9 Å². The second kappa shape index (κ2) is 4.97. The molecule has 1 aliphatic carbocycles. The van der Waals surface area contributed by atoms with Crippen molar-refractivity contribution in [1.29, 1.82) is 0 Å². The zero-order chi connectivity index (χ0) is 10.6. The molecule has 1 fully saturated rings. The minimum atomic E-state index is -0.864. The minimum Gasteiger partial charge on any atom is -0.390 e. The summed E-state index contributed by atoms with van der Waals surface area (Å²) in [4.78, 5) is 0. The Labute approximate surface area is 82.0 Å². The molecule has 0 bridgehead atoms. The average Bonchev–Trinajstić information content (AvgIpc) is 2.03. The third kappa shape index (κ3) is 3.28. The van der Waals surface area contributed by atoms with Crippen LogP contribution in [0, 0.1) is 11.8 Å². The third-order valence-corrected chi connectivity index (χ3v) is 2.71. The van der Waals surface area contributed by atoms with Crippen LogP contribution in [0.4, 0.5) is 0 Å². The summed E-state index contributed by atoms with van der Waals surface area (Å²) < 4.78 is 0. The lowest BCUT2D eigenvalue weighted by Crippen LogP contribution is -2.48. The maximum Gasteiger partial charge on any atom is 0.0882 e. The molecule has 2 N–H and O–H groups in total. The van der Waals surface area contributed by atoms with E-state index in [1.54, 1.807) is 6.92 Å². The van der Waals surface area contributed by atoms with E-state index >= 15 is 0 Å². The lowest BCUT2D eigenvalue weighted by atomic mass is 9.72. The Morgan fingerprint density at radius 2 is 1.69 bits per heavy atom. The topological polar surface area (TPSA) is 40.5 Å². The number of hydrogen-bond donors (Lipinski definition) is 2. The molecule has 1 aliphatic rings. The summed E-state index contributed by atoms with van der Waals surface area (Å²) in [7, 11) is 0. The Bertz CT molecular complexity index is 143. The van der Waals surface area contributed by atoms with Crippen molar-refractivity contribution >= 4 is 0 Å². The summed E-state index contributed by atoms with van der Waals surface area (Å²) in [5, 5.41) is 19.3. The summed E-state index contributed by atoms with van der Waals surface area (Å²) in [5.74, 6) is 0.761. The van der Waals surface area contributed by atoms with Crippen LogP contribution in [0.1, 0.15) is 47.5 Å². The molecule has 0 amide bonds. The van der Waals surface area contributed by atoms with E-state index in [4.69, 9.17) is 0 Å². The van der Waals surface area contributed by atoms with Gasteiger partial charge in [0.15, 0.2) is 0 Å². The Hall–Kier alpha value is -0.0800. The second-order valence-corrected chi connectivity index (χ2v) is 4.32. The summed E-state index contributed by atoms with van der Waals surface area (Å²) in [6.07, 6.45) is 1.20. The zero-order valence-electron chi connectivity index (χ0n) is 9.54. The molecule has 0 aromatic heterocycles. The van der Waals surface area contributed by atoms with Gasteiger partial charge in [0.2, 0.25) is 0 Å². The largest absolute Gasteiger partial charge is 0.390 e. The number of aliphatic hydroxyl groups is 2. The molecule has 2 heteroatoms. The molecule has 1 rings (SSSR count). The van der Waals surface area contributed by atoms with Gasteiger partial charge in [-0.25, -0.2) is 0 Å². The van der Waals surface area contributed by atoms with Gasteiger partial charge >= 0.3 is 0 Å². The van der Waals surface area contributed by atoms with Crippen LogP contribution in [0.15, 0.2) is 0 Å². The summed E-state index contributed by atoms with van der Waals surface area (Å²) in [6.45, 7) is 9.84. The SMILES string of the molecule is CC.CC1CC(C)[C@H](O)[C@](C)(O)C1. The van der Waals surface area contributed by atoms with Crippen LogP contribution in [0.25, 0.3) is 0 Å². The first kappa shape index (κ1) is 12.9. The minimum absolute atomic E-state index is 0.230. The Balaban J connectivity index is 0.000000671. The molecule has 0 aromatic rings. The van der Waals surface area contributed by atoms with Crippen molar-refractivity contribution in [1.82, 2.24) is 0 Å². The van der Waals surface area contributed by atoms with Crippen molar-refractivity contribution in [3.8, 4) is 0 Å². The molecule has 2 unspecified atom stereocenters. The van der Waals surface area contributed by atoms with Crippen molar-refractivity contribution in [3.63, 3.8) is 0 Å². The fourth-order valence-electron chi connectivity index (χ4n) is 2.29. The molecule has 80 valence electrons. The highest BCUT2D eigenvalue weighted by atomic mass is 16.3. The summed E-state index contributed by atoms with van der Waals surface area (Å²) >= 11 is 0. The number of hydrogen-bond acceptors (Lipinski definition) is 2. The fourth-order valence-corrected chi connectivity index (χ4v) is 2.29. The average molecular weight is 188 g/mol. The first-order valence-corrected chi connectivity index (χ1v) is 5.34. The van der Waals surface area contributed by atoms with Crippen molar-refractivity contribution in [2.45, 2.75) is 59.2 Å². The summed E-state index contributed by atoms with van der Waals surface area (Å²) in [6, 6.07) is 0. The van der Waals surface area contributed by atoms with Gasteiger partial charge < -0.3 is 10.2 Å². The lowest BCUT2D eigenvalue weighted by Gasteiger charge is -2.41. The molecule has 0 radical (unpaired) electrons. The van der Waals surface area contributed by atoms with Crippen LogP contribution >= 0.6 is 0 Å². The molecule has 13 heavy (non-hydrogen) atoms. The van der Waals surface area contributed by atoms with Gasteiger partial charge in [-0.05, 0) is 31.6 Å². The molecule has 4 atom stereocenters. The van der Waals surface area contributed by atoms with Crippen LogP contribution in [-0.2, 0) is 0 Å². The van der Waals surface area contributed by atoms with Gasteiger partial charge in [0.1, 0.15) is 0 Å². The van der Waals surface area contributed by atoms with Gasteiger partial charge in [-0.2, -0.15) is 0 Å². The van der Waals surface area contributed by atoms with E-state index in [2.05, 4.69) is 6.92 Å². The predicted molar refractivity (Wildman–Crippen MR) is 55.5 cm³/mol. The first-order valence-electron chi connectivity index (χ1n) is 5.34. The maximum absolute atomic E-state index is 9.73. The summed E-state index contributed by atoms with van der Waals surface area (Å²) in [5.41, 5.74) is -0.864. The van der Waals surface area contributed by atoms with Crippen molar-refractivity contribution in [2.24, 2.45) is 11.8 Å². The number of aliphatic hydroxyl groups excluding tert-OH is 1. The van der Waals surface area contributed by atoms with Crippen LogP contribution in [0.5, 0.6) is 0 Å². The van der Waals surface area contributed by atoms with Gasteiger partial charge in [0.05, 0.1) is 11.7 Å². The molecule has 0 aromatic carbocycles. The predicted octanol–water partition coefficient (Wildman–Crippen LogP) is 2.19. The van der Waals surface area contributed by atoms with E-state index in [0.717, 1.165) is 12.8 Å². The molecule has 0 saturated heterocycles. The molecule has 0 aliphatic heterocycles. The highest BCUT2D eigenvalue weighted by Gasteiger charge is 2.40. The Morgan fingerprint density at radius 1 is 1.23 bits per heavy atom. The molecule has 2 nitrogen and oxygen atoms in total. The van der Waals surface area contributed by atoms with Crippen LogP contribution in [0.2, 0.25) is 0 Å². The standard InChI is InChI=1S/C9H18O2.C2H6/c1-6-4-7(2)8(10)9(3,11)5-6;1-2/h6-8,10-11H,4-5H2,1-3H3;1-2H3/t6?,7?,8-,9+;/m0./s1. The van der Waals surface area contributed by atoms with Crippen LogP contribution < -0.4 is 0 Å². The highest BCUT2D eigenvalue weighted by Crippen LogP contribution is 2.35. The first-order chi connectivity index (χ1) is 5.93. The van der Waals surface area contributed by atoms with Gasteiger partial charge in [0.25, 0.3) is 0 Å². The smallest absolute Gasteiger partial charge is 0.0882 e. The molecule has 0 heterocycles. The second-order valence-electron chi connectivity index (χ2n) is 4.32. The number of rotatable bonds is 0. The van der Waals surface area contributed by atoms with Gasteiger partial charge in [-0.15, -0.1) is 0 Å². The maximum atomic E-state index is 9.73. The lowest BCUT2D eigenvalue weighted by molar-refractivity contribution is -0.123. The molecular weight excluding hydrogens is 164 g/mol. The van der Waals surface area contributed by atoms with Gasteiger partial charge in [0, 0.05) is 0 Å².